The summed E-state index contributed by atoms with van der Waals surface area (Å²) in [6.45, 7) is 3.81. The summed E-state index contributed by atoms with van der Waals surface area (Å²) in [5.74, 6) is -0.0889. The van der Waals surface area contributed by atoms with Crippen molar-refractivity contribution in [2.75, 3.05) is 0 Å². The monoisotopic (exact) mass is 305 g/mol. The third-order valence-corrected chi connectivity index (χ3v) is 4.46. The van der Waals surface area contributed by atoms with Crippen LogP contribution < -0.4 is 16.0 Å². The molecule has 2 atom stereocenters. The molecule has 2 fully saturated rings. The van der Waals surface area contributed by atoms with Gasteiger partial charge in [0.15, 0.2) is 6.29 Å². The van der Waals surface area contributed by atoms with Crippen LogP contribution >= 0.6 is 0 Å². The molecular weight excluding hydrogens is 282 g/mol. The van der Waals surface area contributed by atoms with Crippen molar-refractivity contribution in [2.24, 2.45) is 0 Å². The minimum atomic E-state index is -0.399. The minimum absolute atomic E-state index is 0.0110. The zero-order valence-electron chi connectivity index (χ0n) is 13.1. The molecule has 2 amide bonds. The Morgan fingerprint density at radius 3 is 2.82 bits per heavy atom. The van der Waals surface area contributed by atoms with Gasteiger partial charge in [0.25, 0.3) is 5.91 Å². The molecule has 7 nitrogen and oxygen atoms in total. The summed E-state index contributed by atoms with van der Waals surface area (Å²) < 4.78 is 1.66. The van der Waals surface area contributed by atoms with Crippen molar-refractivity contribution in [2.45, 2.75) is 64.3 Å². The number of carbonyl (C=O) groups excluding carboxylic acids is 2. The third kappa shape index (κ3) is 2.99. The normalized spacial score (nSPS) is 26.0. The summed E-state index contributed by atoms with van der Waals surface area (Å²) in [5.41, 5.74) is 1.32. The van der Waals surface area contributed by atoms with E-state index in [9.17, 15) is 9.59 Å². The molecule has 7 heteroatoms. The summed E-state index contributed by atoms with van der Waals surface area (Å²) in [6.07, 6.45) is 6.09. The molecule has 1 aromatic rings. The fourth-order valence-corrected chi connectivity index (χ4v) is 3.23. The Morgan fingerprint density at radius 2 is 2.14 bits per heavy atom. The molecule has 0 aromatic carbocycles. The molecule has 2 aliphatic rings. The maximum absolute atomic E-state index is 12.4. The first kappa shape index (κ1) is 15.0. The van der Waals surface area contributed by atoms with E-state index in [1.165, 1.54) is 12.8 Å². The predicted molar refractivity (Wildman–Crippen MR) is 81.1 cm³/mol. The van der Waals surface area contributed by atoms with E-state index < -0.39 is 6.29 Å². The molecule has 22 heavy (non-hydrogen) atoms. The molecule has 1 saturated carbocycles. The number of aromatic nitrogens is 2. The predicted octanol–water partition coefficient (Wildman–Crippen LogP) is 0.818. The highest BCUT2D eigenvalue weighted by molar-refractivity contribution is 5.95. The van der Waals surface area contributed by atoms with Crippen LogP contribution in [0, 0.1) is 6.92 Å². The van der Waals surface area contributed by atoms with Gasteiger partial charge in [-0.3, -0.25) is 14.9 Å². The Morgan fingerprint density at radius 1 is 1.41 bits per heavy atom. The topological polar surface area (TPSA) is 88.1 Å². The highest BCUT2D eigenvalue weighted by Crippen LogP contribution is 2.19. The largest absolute Gasteiger partial charge is 0.349 e. The van der Waals surface area contributed by atoms with Crippen LogP contribution in [0.3, 0.4) is 0 Å². The lowest BCUT2D eigenvalue weighted by molar-refractivity contribution is -0.125. The first-order valence-electron chi connectivity index (χ1n) is 7.95. The number of rotatable bonds is 3. The van der Waals surface area contributed by atoms with Crippen molar-refractivity contribution in [3.8, 4) is 0 Å². The molecule has 3 N–H and O–H groups in total. The molecule has 1 aliphatic carbocycles. The lowest BCUT2D eigenvalue weighted by atomic mass is 10.2. The number of amides is 2. The fraction of sp³-hybridized carbons (Fsp3) is 0.667. The van der Waals surface area contributed by atoms with E-state index in [0.29, 0.717) is 12.0 Å². The molecule has 120 valence electrons. The standard InChI is InChI=1S/C15H23N5O2/c1-9-7-13(21)19-15(17-9)20-10(2)12(8-16-20)14(22)18-11-5-3-4-6-11/h8-9,11,15,17H,3-7H2,1-2H3,(H,18,22)(H,19,21). The molecule has 1 aromatic heterocycles. The zero-order valence-corrected chi connectivity index (χ0v) is 13.1. The average Bonchev–Trinajstić information content (AvgIpc) is 3.07. The van der Waals surface area contributed by atoms with Gasteiger partial charge in [-0.1, -0.05) is 12.8 Å². The summed E-state index contributed by atoms with van der Waals surface area (Å²) in [4.78, 5) is 24.0. The van der Waals surface area contributed by atoms with Crippen LogP contribution in [0.1, 0.15) is 61.4 Å². The number of nitrogens with one attached hydrogen (secondary N) is 3. The van der Waals surface area contributed by atoms with Gasteiger partial charge in [-0.25, -0.2) is 4.68 Å². The van der Waals surface area contributed by atoms with Crippen LogP contribution in [-0.4, -0.2) is 33.7 Å². The third-order valence-electron chi connectivity index (χ3n) is 4.46. The van der Waals surface area contributed by atoms with Crippen molar-refractivity contribution in [3.05, 3.63) is 17.5 Å². The Balaban J connectivity index is 1.73. The lowest BCUT2D eigenvalue weighted by Crippen LogP contribution is -2.52. The minimum Gasteiger partial charge on any atom is -0.349 e. The van der Waals surface area contributed by atoms with Crippen LogP contribution in [0.15, 0.2) is 6.20 Å². The first-order valence-corrected chi connectivity index (χ1v) is 7.95. The van der Waals surface area contributed by atoms with E-state index in [1.54, 1.807) is 10.9 Å². The highest BCUT2D eigenvalue weighted by atomic mass is 16.2. The molecule has 0 radical (unpaired) electrons. The maximum atomic E-state index is 12.4. The summed E-state index contributed by atoms with van der Waals surface area (Å²) in [5, 5.41) is 13.5. The van der Waals surface area contributed by atoms with E-state index in [4.69, 9.17) is 0 Å². The van der Waals surface area contributed by atoms with Crippen LogP contribution in [0.25, 0.3) is 0 Å². The zero-order chi connectivity index (χ0) is 15.7. The van der Waals surface area contributed by atoms with Crippen molar-refractivity contribution >= 4 is 11.8 Å². The average molecular weight is 305 g/mol. The quantitative estimate of drug-likeness (QED) is 0.771. The highest BCUT2D eigenvalue weighted by Gasteiger charge is 2.27. The molecule has 0 spiro atoms. The molecule has 2 unspecified atom stereocenters. The Bertz CT molecular complexity index is 576. The second kappa shape index (κ2) is 6.08. The van der Waals surface area contributed by atoms with E-state index >= 15 is 0 Å². The Kier molecular flexibility index (Phi) is 4.15. The van der Waals surface area contributed by atoms with E-state index in [0.717, 1.165) is 18.5 Å². The molecule has 1 saturated heterocycles. The van der Waals surface area contributed by atoms with Crippen LogP contribution in [-0.2, 0) is 4.79 Å². The maximum Gasteiger partial charge on any atom is 0.254 e. The van der Waals surface area contributed by atoms with Gasteiger partial charge in [0, 0.05) is 18.5 Å². The second-order valence-electron chi connectivity index (χ2n) is 6.28. The van der Waals surface area contributed by atoms with E-state index in [2.05, 4.69) is 21.0 Å². The molecule has 1 aliphatic heterocycles. The van der Waals surface area contributed by atoms with Crippen LogP contribution in [0.2, 0.25) is 0 Å². The van der Waals surface area contributed by atoms with Crippen LogP contribution in [0.5, 0.6) is 0 Å². The Labute approximate surface area is 129 Å². The van der Waals surface area contributed by atoms with Crippen molar-refractivity contribution in [1.82, 2.24) is 25.7 Å². The number of nitrogens with zero attached hydrogens (tertiary/aromatic N) is 2. The van der Waals surface area contributed by atoms with Gasteiger partial charge < -0.3 is 10.6 Å². The number of hydrogen-bond donors (Lipinski definition) is 3. The smallest absolute Gasteiger partial charge is 0.254 e. The van der Waals surface area contributed by atoms with Crippen molar-refractivity contribution in [3.63, 3.8) is 0 Å². The van der Waals surface area contributed by atoms with Gasteiger partial charge >= 0.3 is 0 Å². The SMILES string of the molecule is Cc1c(C(=O)NC2CCCC2)cnn1C1NC(=O)CC(C)N1. The van der Waals surface area contributed by atoms with Gasteiger partial charge in [-0.2, -0.15) is 5.10 Å². The van der Waals surface area contributed by atoms with Gasteiger partial charge in [-0.05, 0) is 26.7 Å². The summed E-state index contributed by atoms with van der Waals surface area (Å²) in [6, 6.07) is 0.362. The van der Waals surface area contributed by atoms with Crippen molar-refractivity contribution < 1.29 is 9.59 Å². The van der Waals surface area contributed by atoms with Crippen LogP contribution in [0.4, 0.5) is 0 Å². The van der Waals surface area contributed by atoms with Gasteiger partial charge in [-0.15, -0.1) is 0 Å². The molecule has 2 heterocycles. The Hall–Kier alpha value is -1.89. The second-order valence-corrected chi connectivity index (χ2v) is 6.28. The van der Waals surface area contributed by atoms with E-state index in [-0.39, 0.29) is 23.9 Å². The van der Waals surface area contributed by atoms with Gasteiger partial charge in [0.05, 0.1) is 17.5 Å². The summed E-state index contributed by atoms with van der Waals surface area (Å²) in [7, 11) is 0. The van der Waals surface area contributed by atoms with E-state index in [1.807, 2.05) is 13.8 Å². The molecular formula is C15H23N5O2. The molecule has 3 rings (SSSR count). The first-order chi connectivity index (χ1) is 10.5. The number of carbonyl (C=O) groups is 2. The lowest BCUT2D eigenvalue weighted by Gasteiger charge is -2.30. The molecule has 0 bridgehead atoms. The van der Waals surface area contributed by atoms with Gasteiger partial charge in [0.2, 0.25) is 5.91 Å². The van der Waals surface area contributed by atoms with Crippen molar-refractivity contribution in [1.29, 1.82) is 0 Å². The van der Waals surface area contributed by atoms with Gasteiger partial charge in [0.1, 0.15) is 0 Å². The summed E-state index contributed by atoms with van der Waals surface area (Å²) >= 11 is 0. The number of hydrogen-bond acceptors (Lipinski definition) is 4. The fourth-order valence-electron chi connectivity index (χ4n) is 3.23.